The minimum absolute atomic E-state index is 0.210. The highest BCUT2D eigenvalue weighted by Crippen LogP contribution is 2.21. The van der Waals surface area contributed by atoms with Crippen molar-refractivity contribution in [2.45, 2.75) is 6.42 Å². The van der Waals surface area contributed by atoms with E-state index in [0.29, 0.717) is 11.6 Å². The summed E-state index contributed by atoms with van der Waals surface area (Å²) in [6, 6.07) is 23.0. The van der Waals surface area contributed by atoms with Crippen molar-refractivity contribution < 1.29 is 4.79 Å². The topological polar surface area (TPSA) is 83.6 Å². The minimum Gasteiger partial charge on any atom is -0.309 e. The molecule has 1 amide bonds. The number of fused-ring (bicyclic) bond motifs is 1. The van der Waals surface area contributed by atoms with Crippen molar-refractivity contribution in [3.05, 3.63) is 84.1 Å². The molecule has 0 atom stereocenters. The first-order valence-electron chi connectivity index (χ1n) is 8.42. The third kappa shape index (κ3) is 3.39. The number of amides is 1. The lowest BCUT2D eigenvalue weighted by atomic mass is 10.1. The zero-order valence-corrected chi connectivity index (χ0v) is 14.3. The van der Waals surface area contributed by atoms with Crippen molar-refractivity contribution in [2.24, 2.45) is 0 Å². The molecule has 130 valence electrons. The second kappa shape index (κ2) is 7.10. The molecule has 4 rings (SSSR count). The monoisotopic (exact) mass is 353 g/mol. The number of carbonyl (C=O) groups excluding carboxylic acids is 1. The standard InChI is InChI=1S/C21H15N5O/c22-13-17-14-23-26(19-11-10-16-8-4-5-9-18(16)24-19)21(17)25-20(27)12-15-6-2-1-3-7-15/h1-11,14H,12H2,(H,25,27). The Bertz CT molecular complexity index is 1160. The number of aromatic nitrogens is 3. The number of hydrogen-bond donors (Lipinski definition) is 1. The maximum Gasteiger partial charge on any atom is 0.229 e. The van der Waals surface area contributed by atoms with Gasteiger partial charge in [-0.15, -0.1) is 0 Å². The van der Waals surface area contributed by atoms with Crippen LogP contribution >= 0.6 is 0 Å². The lowest BCUT2D eigenvalue weighted by Crippen LogP contribution is -2.18. The molecule has 6 heteroatoms. The zero-order chi connectivity index (χ0) is 18.6. The van der Waals surface area contributed by atoms with Crippen molar-refractivity contribution in [1.29, 1.82) is 5.26 Å². The molecule has 0 saturated heterocycles. The van der Waals surface area contributed by atoms with E-state index in [1.165, 1.54) is 10.9 Å². The molecule has 0 saturated carbocycles. The van der Waals surface area contributed by atoms with Crippen LogP contribution in [0.3, 0.4) is 0 Å². The van der Waals surface area contributed by atoms with E-state index in [-0.39, 0.29) is 17.9 Å². The maximum absolute atomic E-state index is 12.5. The molecule has 6 nitrogen and oxygen atoms in total. The molecule has 0 fully saturated rings. The van der Waals surface area contributed by atoms with E-state index >= 15 is 0 Å². The molecule has 2 aromatic carbocycles. The summed E-state index contributed by atoms with van der Waals surface area (Å²) in [5, 5.41) is 17.4. The molecule has 4 aromatic rings. The summed E-state index contributed by atoms with van der Waals surface area (Å²) >= 11 is 0. The van der Waals surface area contributed by atoms with E-state index in [4.69, 9.17) is 0 Å². The largest absolute Gasteiger partial charge is 0.309 e. The Morgan fingerprint density at radius 2 is 1.81 bits per heavy atom. The highest BCUT2D eigenvalue weighted by atomic mass is 16.1. The quantitative estimate of drug-likeness (QED) is 0.609. The molecule has 1 N–H and O–H groups in total. The summed E-state index contributed by atoms with van der Waals surface area (Å²) in [6.45, 7) is 0. The van der Waals surface area contributed by atoms with Crippen LogP contribution in [0, 0.1) is 11.3 Å². The SMILES string of the molecule is N#Cc1cnn(-c2ccc3ccccc3n2)c1NC(=O)Cc1ccccc1. The average molecular weight is 353 g/mol. The van der Waals surface area contributed by atoms with Gasteiger partial charge in [-0.25, -0.2) is 4.98 Å². The van der Waals surface area contributed by atoms with E-state index in [1.54, 1.807) is 0 Å². The molecule has 0 spiro atoms. The number of carbonyl (C=O) groups is 1. The highest BCUT2D eigenvalue weighted by Gasteiger charge is 2.16. The smallest absolute Gasteiger partial charge is 0.229 e. The molecule has 0 unspecified atom stereocenters. The molecule has 0 bridgehead atoms. The number of anilines is 1. The number of nitrogens with one attached hydrogen (secondary N) is 1. The van der Waals surface area contributed by atoms with Gasteiger partial charge in [-0.05, 0) is 23.8 Å². The van der Waals surface area contributed by atoms with Crippen LogP contribution in [-0.2, 0) is 11.2 Å². The van der Waals surface area contributed by atoms with E-state index in [1.807, 2.05) is 66.7 Å². The minimum atomic E-state index is -0.222. The normalized spacial score (nSPS) is 10.5. The van der Waals surface area contributed by atoms with Crippen LogP contribution in [0.1, 0.15) is 11.1 Å². The van der Waals surface area contributed by atoms with Crippen molar-refractivity contribution in [1.82, 2.24) is 14.8 Å². The predicted octanol–water partition coefficient (Wildman–Crippen LogP) is 3.47. The Morgan fingerprint density at radius 3 is 2.63 bits per heavy atom. The van der Waals surface area contributed by atoms with Crippen LogP contribution in [0.4, 0.5) is 5.82 Å². The molecule has 0 aliphatic heterocycles. The van der Waals surface area contributed by atoms with Crippen LogP contribution in [0.5, 0.6) is 0 Å². The van der Waals surface area contributed by atoms with Gasteiger partial charge in [0.1, 0.15) is 11.6 Å². The summed E-state index contributed by atoms with van der Waals surface area (Å²) in [5.41, 5.74) is 1.99. The highest BCUT2D eigenvalue weighted by molar-refractivity contribution is 5.93. The van der Waals surface area contributed by atoms with Crippen molar-refractivity contribution in [3.8, 4) is 11.9 Å². The maximum atomic E-state index is 12.5. The molecule has 0 radical (unpaired) electrons. The fraction of sp³-hybridized carbons (Fsp3) is 0.0476. The first kappa shape index (κ1) is 16.5. The number of pyridine rings is 1. The van der Waals surface area contributed by atoms with Crippen LogP contribution in [0.2, 0.25) is 0 Å². The number of benzene rings is 2. The van der Waals surface area contributed by atoms with E-state index in [0.717, 1.165) is 16.5 Å². The van der Waals surface area contributed by atoms with E-state index < -0.39 is 0 Å². The molecule has 2 aromatic heterocycles. The van der Waals surface area contributed by atoms with E-state index in [2.05, 4.69) is 21.5 Å². The number of hydrogen-bond acceptors (Lipinski definition) is 4. The van der Waals surface area contributed by atoms with Crippen molar-refractivity contribution >= 4 is 22.6 Å². The lowest BCUT2D eigenvalue weighted by molar-refractivity contribution is -0.115. The second-order valence-electron chi connectivity index (χ2n) is 6.00. The van der Waals surface area contributed by atoms with Gasteiger partial charge in [0.15, 0.2) is 11.6 Å². The fourth-order valence-electron chi connectivity index (χ4n) is 2.85. The Hall–Kier alpha value is -3.98. The summed E-state index contributed by atoms with van der Waals surface area (Å²) < 4.78 is 1.48. The van der Waals surface area contributed by atoms with Gasteiger partial charge in [-0.2, -0.15) is 15.0 Å². The van der Waals surface area contributed by atoms with Crippen LogP contribution in [0.15, 0.2) is 72.9 Å². The van der Waals surface area contributed by atoms with Gasteiger partial charge >= 0.3 is 0 Å². The number of nitriles is 1. The van der Waals surface area contributed by atoms with Gasteiger partial charge in [0.05, 0.1) is 18.1 Å². The van der Waals surface area contributed by atoms with Gasteiger partial charge in [0.2, 0.25) is 5.91 Å². The van der Waals surface area contributed by atoms with Crippen molar-refractivity contribution in [3.63, 3.8) is 0 Å². The Morgan fingerprint density at radius 1 is 1.04 bits per heavy atom. The number of para-hydroxylation sites is 1. The Labute approximate surface area is 155 Å². The molecule has 0 aliphatic rings. The summed E-state index contributed by atoms with van der Waals surface area (Å²) in [5.74, 6) is 0.631. The Kier molecular flexibility index (Phi) is 4.33. The summed E-state index contributed by atoms with van der Waals surface area (Å²) in [7, 11) is 0. The van der Waals surface area contributed by atoms with Gasteiger partial charge in [-0.1, -0.05) is 48.5 Å². The predicted molar refractivity (Wildman–Crippen MR) is 102 cm³/mol. The zero-order valence-electron chi connectivity index (χ0n) is 14.3. The summed E-state index contributed by atoms with van der Waals surface area (Å²) in [4.78, 5) is 17.0. The van der Waals surface area contributed by atoms with Crippen molar-refractivity contribution in [2.75, 3.05) is 5.32 Å². The number of rotatable bonds is 4. The number of nitrogens with zero attached hydrogens (tertiary/aromatic N) is 4. The van der Waals surface area contributed by atoms with Gasteiger partial charge in [-0.3, -0.25) is 4.79 Å². The van der Waals surface area contributed by atoms with Crippen LogP contribution < -0.4 is 5.32 Å². The average Bonchev–Trinajstić information content (AvgIpc) is 3.10. The van der Waals surface area contributed by atoms with Crippen LogP contribution in [-0.4, -0.2) is 20.7 Å². The van der Waals surface area contributed by atoms with Gasteiger partial charge < -0.3 is 5.32 Å². The third-order valence-electron chi connectivity index (χ3n) is 4.16. The molecule has 0 aliphatic carbocycles. The third-order valence-corrected chi connectivity index (χ3v) is 4.16. The van der Waals surface area contributed by atoms with E-state index in [9.17, 15) is 10.1 Å². The van der Waals surface area contributed by atoms with Gasteiger partial charge in [0, 0.05) is 5.39 Å². The fourth-order valence-corrected chi connectivity index (χ4v) is 2.85. The molecular weight excluding hydrogens is 338 g/mol. The first-order chi connectivity index (χ1) is 13.2. The molecular formula is C21H15N5O. The van der Waals surface area contributed by atoms with Crippen LogP contribution in [0.25, 0.3) is 16.7 Å². The molecule has 2 heterocycles. The first-order valence-corrected chi connectivity index (χ1v) is 8.42. The van der Waals surface area contributed by atoms with Gasteiger partial charge in [0.25, 0.3) is 0 Å². The second-order valence-corrected chi connectivity index (χ2v) is 6.00. The summed E-state index contributed by atoms with van der Waals surface area (Å²) in [6.07, 6.45) is 1.64. The Balaban J connectivity index is 1.67. The molecule has 27 heavy (non-hydrogen) atoms. The lowest BCUT2D eigenvalue weighted by Gasteiger charge is -2.10.